The molecule has 0 aromatic rings. The smallest absolute Gasteiger partial charge is 0.320 e. The van der Waals surface area contributed by atoms with Crippen molar-refractivity contribution in [3.63, 3.8) is 0 Å². The van der Waals surface area contributed by atoms with Crippen LogP contribution in [0.5, 0.6) is 0 Å². The zero-order chi connectivity index (χ0) is 11.0. The van der Waals surface area contributed by atoms with Gasteiger partial charge < -0.3 is 10.2 Å². The van der Waals surface area contributed by atoms with Crippen molar-refractivity contribution in [3.05, 3.63) is 0 Å². The fourth-order valence-corrected chi connectivity index (χ4v) is 2.25. The summed E-state index contributed by atoms with van der Waals surface area (Å²) in [6.45, 7) is 0.633. The Hall–Kier alpha value is -1.10. The van der Waals surface area contributed by atoms with Gasteiger partial charge >= 0.3 is 11.9 Å². The van der Waals surface area contributed by atoms with Crippen LogP contribution in [0.2, 0.25) is 0 Å². The van der Waals surface area contributed by atoms with Gasteiger partial charge in [0.15, 0.2) is 0 Å². The molecule has 15 heavy (non-hydrogen) atoms. The van der Waals surface area contributed by atoms with Gasteiger partial charge in [-0.2, -0.15) is 0 Å². The maximum Gasteiger partial charge on any atom is 0.320 e. The van der Waals surface area contributed by atoms with Crippen LogP contribution < -0.4 is 0 Å². The molecule has 5 nitrogen and oxygen atoms in total. The second kappa shape index (κ2) is 3.81. The summed E-state index contributed by atoms with van der Waals surface area (Å²) >= 11 is 0. The zero-order valence-corrected chi connectivity index (χ0v) is 8.43. The molecule has 5 heteroatoms. The molecule has 2 N–H and O–H groups in total. The van der Waals surface area contributed by atoms with E-state index in [4.69, 9.17) is 10.2 Å². The molecule has 2 unspecified atom stereocenters. The molecule has 1 saturated carbocycles. The molecule has 2 fully saturated rings. The van der Waals surface area contributed by atoms with Crippen molar-refractivity contribution in [1.29, 1.82) is 0 Å². The van der Waals surface area contributed by atoms with Crippen molar-refractivity contribution >= 4 is 11.9 Å². The third-order valence-electron chi connectivity index (χ3n) is 3.25. The molecule has 0 aromatic heterocycles. The van der Waals surface area contributed by atoms with E-state index in [1.54, 1.807) is 4.90 Å². The van der Waals surface area contributed by atoms with Crippen LogP contribution in [0.15, 0.2) is 0 Å². The average Bonchev–Trinajstić information content (AvgIpc) is 2.82. The maximum atomic E-state index is 10.9. The molecular formula is C10H15NO4. The lowest BCUT2D eigenvalue weighted by molar-refractivity contribution is -0.147. The van der Waals surface area contributed by atoms with Crippen LogP contribution in [0.25, 0.3) is 0 Å². The quantitative estimate of drug-likeness (QED) is 0.706. The van der Waals surface area contributed by atoms with Crippen LogP contribution >= 0.6 is 0 Å². The highest BCUT2D eigenvalue weighted by molar-refractivity contribution is 5.79. The van der Waals surface area contributed by atoms with E-state index in [1.165, 1.54) is 0 Å². The molecule has 2 atom stereocenters. The molecule has 0 aromatic carbocycles. The van der Waals surface area contributed by atoms with E-state index in [9.17, 15) is 9.59 Å². The Labute approximate surface area is 87.7 Å². The molecule has 0 bridgehead atoms. The lowest BCUT2D eigenvalue weighted by Gasteiger charge is -2.25. The highest BCUT2D eigenvalue weighted by atomic mass is 16.4. The van der Waals surface area contributed by atoms with Gasteiger partial charge in [0.2, 0.25) is 0 Å². The Balaban J connectivity index is 2.07. The van der Waals surface area contributed by atoms with E-state index in [2.05, 4.69) is 0 Å². The molecule has 84 valence electrons. The number of carboxylic acids is 2. The number of hydrogen-bond donors (Lipinski definition) is 2. The first kappa shape index (κ1) is 10.4. The Morgan fingerprint density at radius 2 is 1.47 bits per heavy atom. The second-order valence-corrected chi connectivity index (χ2v) is 4.43. The predicted octanol–water partition coefficient (Wildman–Crippen LogP) is 0.399. The molecule has 1 aliphatic heterocycles. The number of rotatable bonds is 4. The number of aliphatic carboxylic acids is 2. The summed E-state index contributed by atoms with van der Waals surface area (Å²) < 4.78 is 0. The molecule has 1 aliphatic carbocycles. The van der Waals surface area contributed by atoms with Gasteiger partial charge in [0, 0.05) is 6.54 Å². The van der Waals surface area contributed by atoms with Crippen molar-refractivity contribution in [2.75, 3.05) is 6.54 Å². The fourth-order valence-electron chi connectivity index (χ4n) is 2.25. The predicted molar refractivity (Wildman–Crippen MR) is 51.5 cm³/mol. The Kier molecular flexibility index (Phi) is 2.65. The highest BCUT2D eigenvalue weighted by Gasteiger charge is 2.43. The van der Waals surface area contributed by atoms with Gasteiger partial charge in [-0.3, -0.25) is 14.5 Å². The third kappa shape index (κ3) is 2.12. The summed E-state index contributed by atoms with van der Waals surface area (Å²) in [6, 6.07) is -1.18. The van der Waals surface area contributed by atoms with Gasteiger partial charge in [-0.15, -0.1) is 0 Å². The first-order valence-corrected chi connectivity index (χ1v) is 5.31. The monoisotopic (exact) mass is 213 g/mol. The molecule has 1 heterocycles. The highest BCUT2D eigenvalue weighted by Crippen LogP contribution is 2.34. The lowest BCUT2D eigenvalue weighted by atomic mass is 10.2. The van der Waals surface area contributed by atoms with Crippen LogP contribution in [-0.4, -0.2) is 45.7 Å². The normalized spacial score (nSPS) is 31.7. The van der Waals surface area contributed by atoms with E-state index in [1.807, 2.05) is 0 Å². The van der Waals surface area contributed by atoms with Crippen molar-refractivity contribution in [3.8, 4) is 0 Å². The maximum absolute atomic E-state index is 10.9. The van der Waals surface area contributed by atoms with E-state index in [0.29, 0.717) is 25.3 Å². The number of nitrogens with zero attached hydrogens (tertiary/aromatic N) is 1. The zero-order valence-electron chi connectivity index (χ0n) is 8.43. The summed E-state index contributed by atoms with van der Waals surface area (Å²) in [5.41, 5.74) is 0. The van der Waals surface area contributed by atoms with Crippen LogP contribution in [0, 0.1) is 5.92 Å². The molecule has 1 saturated heterocycles. The molecule has 0 radical (unpaired) electrons. The molecule has 0 amide bonds. The number of hydrogen-bond acceptors (Lipinski definition) is 3. The van der Waals surface area contributed by atoms with E-state index in [-0.39, 0.29) is 0 Å². The van der Waals surface area contributed by atoms with E-state index >= 15 is 0 Å². The molecule has 0 spiro atoms. The SMILES string of the molecule is O=C(O)C1CCC(C(=O)O)N1CC1CC1. The van der Waals surface area contributed by atoms with Crippen LogP contribution in [0.4, 0.5) is 0 Å². The lowest BCUT2D eigenvalue weighted by Crippen LogP contribution is -2.45. The van der Waals surface area contributed by atoms with Crippen LogP contribution in [-0.2, 0) is 9.59 Å². The second-order valence-electron chi connectivity index (χ2n) is 4.43. The number of carboxylic acid groups (broad SMARTS) is 2. The van der Waals surface area contributed by atoms with Gasteiger partial charge in [-0.1, -0.05) is 0 Å². The largest absolute Gasteiger partial charge is 0.480 e. The third-order valence-corrected chi connectivity index (χ3v) is 3.25. The minimum absolute atomic E-state index is 0.457. The minimum Gasteiger partial charge on any atom is -0.480 e. The van der Waals surface area contributed by atoms with Crippen molar-refractivity contribution in [2.24, 2.45) is 5.92 Å². The molecule has 2 aliphatic rings. The summed E-state index contributed by atoms with van der Waals surface area (Å²) in [5, 5.41) is 18.0. The Bertz CT molecular complexity index is 265. The van der Waals surface area contributed by atoms with Crippen LogP contribution in [0.1, 0.15) is 25.7 Å². The van der Waals surface area contributed by atoms with Crippen molar-refractivity contribution in [2.45, 2.75) is 37.8 Å². The fraction of sp³-hybridized carbons (Fsp3) is 0.800. The average molecular weight is 213 g/mol. The van der Waals surface area contributed by atoms with Gasteiger partial charge in [0.25, 0.3) is 0 Å². The van der Waals surface area contributed by atoms with Gasteiger partial charge in [-0.05, 0) is 31.6 Å². The van der Waals surface area contributed by atoms with Crippen LogP contribution in [0.3, 0.4) is 0 Å². The molecular weight excluding hydrogens is 198 g/mol. The molecule has 2 rings (SSSR count). The number of carbonyl (C=O) groups is 2. The Morgan fingerprint density at radius 1 is 1.00 bits per heavy atom. The van der Waals surface area contributed by atoms with Gasteiger partial charge in [0.05, 0.1) is 0 Å². The summed E-state index contributed by atoms with van der Waals surface area (Å²) in [5.74, 6) is -1.26. The Morgan fingerprint density at radius 3 is 1.80 bits per heavy atom. The first-order valence-electron chi connectivity index (χ1n) is 5.31. The van der Waals surface area contributed by atoms with Gasteiger partial charge in [-0.25, -0.2) is 0 Å². The van der Waals surface area contributed by atoms with Crippen molar-refractivity contribution < 1.29 is 19.8 Å². The standard InChI is InChI=1S/C10H15NO4/c12-9(13)7-3-4-8(10(14)15)11(7)5-6-1-2-6/h6-8H,1-5H2,(H,12,13)(H,14,15). The topological polar surface area (TPSA) is 77.8 Å². The summed E-state index contributed by atoms with van der Waals surface area (Å²) in [7, 11) is 0. The minimum atomic E-state index is -0.889. The van der Waals surface area contributed by atoms with E-state index < -0.39 is 24.0 Å². The summed E-state index contributed by atoms with van der Waals surface area (Å²) in [6.07, 6.45) is 3.13. The summed E-state index contributed by atoms with van der Waals surface area (Å²) in [4.78, 5) is 23.5. The van der Waals surface area contributed by atoms with Crippen molar-refractivity contribution in [1.82, 2.24) is 4.90 Å². The first-order chi connectivity index (χ1) is 7.09. The number of likely N-dealkylation sites (tertiary alicyclic amines) is 1. The van der Waals surface area contributed by atoms with Gasteiger partial charge in [0.1, 0.15) is 12.1 Å². The van der Waals surface area contributed by atoms with E-state index in [0.717, 1.165) is 12.8 Å².